The smallest absolute Gasteiger partial charge is 0.109 e. The molecule has 0 spiro atoms. The highest BCUT2D eigenvalue weighted by Crippen LogP contribution is 2.46. The van der Waals surface area contributed by atoms with Gasteiger partial charge < -0.3 is 0 Å². The molecule has 0 radical (unpaired) electrons. The predicted octanol–water partition coefficient (Wildman–Crippen LogP) is 14.7. The molecular formula is C57H38N4. The molecule has 0 aliphatic heterocycles. The second kappa shape index (κ2) is 15.2. The molecule has 286 valence electrons. The molecule has 0 atom stereocenters. The Morgan fingerprint density at radius 2 is 0.754 bits per heavy atom. The van der Waals surface area contributed by atoms with Gasteiger partial charge in [-0.2, -0.15) is 5.10 Å². The molecule has 1 aromatic heterocycles. The molecule has 0 saturated heterocycles. The third-order valence-corrected chi connectivity index (χ3v) is 11.9. The predicted molar refractivity (Wildman–Crippen MR) is 258 cm³/mol. The van der Waals surface area contributed by atoms with Gasteiger partial charge in [0.15, 0.2) is 0 Å². The standard InChI is InChI=1S/C57H38N4/c58-57-51(56-49-25-13-11-23-47(49)54(40-17-5-2-6-18-40)48-24-12-14-26-50(48)56)35-41(36-52(57)61-60-42-29-27-37(28-30-42)38-31-33-59-34-32-38)55-45-21-9-7-19-43(45)53(39-15-3-1-4-16-39)44-20-8-10-22-46(44)55/h1-36,58,60H/b58-57?,61-52-. The number of rotatable bonds is 7. The number of anilines is 1. The van der Waals surface area contributed by atoms with Crippen LogP contribution in [0.5, 0.6) is 0 Å². The van der Waals surface area contributed by atoms with Gasteiger partial charge in [-0.05, 0) is 130 Å². The SMILES string of the molecule is N=C1C(c2c3ccccc3c(-c3ccccc3)c3ccccc23)=CC(c2c3ccccc3c(-c3ccccc3)c3ccccc23)=C/C1=N/Nc1ccc(-c2ccncc2)cc1. The van der Waals surface area contributed by atoms with Crippen molar-refractivity contribution in [1.29, 1.82) is 5.41 Å². The fourth-order valence-corrected chi connectivity index (χ4v) is 9.15. The van der Waals surface area contributed by atoms with Crippen molar-refractivity contribution in [2.75, 3.05) is 5.43 Å². The van der Waals surface area contributed by atoms with E-state index in [0.717, 1.165) is 77.0 Å². The quantitative estimate of drug-likeness (QED) is 0.0961. The number of fused-ring (bicyclic) bond motifs is 4. The van der Waals surface area contributed by atoms with E-state index in [9.17, 15) is 5.41 Å². The zero-order chi connectivity index (χ0) is 40.7. The minimum atomic E-state index is 0.349. The van der Waals surface area contributed by atoms with E-state index in [4.69, 9.17) is 5.10 Å². The molecule has 0 amide bonds. The number of hydrogen-bond donors (Lipinski definition) is 2. The van der Waals surface area contributed by atoms with Crippen molar-refractivity contribution in [3.05, 3.63) is 230 Å². The minimum absolute atomic E-state index is 0.349. The molecule has 0 unspecified atom stereocenters. The second-order valence-electron chi connectivity index (χ2n) is 15.4. The topological polar surface area (TPSA) is 61.1 Å². The summed E-state index contributed by atoms with van der Waals surface area (Å²) in [6, 6.07) is 68.3. The van der Waals surface area contributed by atoms with Crippen molar-refractivity contribution < 1.29 is 0 Å². The maximum Gasteiger partial charge on any atom is 0.109 e. The summed E-state index contributed by atoms with van der Waals surface area (Å²) in [6.45, 7) is 0. The van der Waals surface area contributed by atoms with Crippen molar-refractivity contribution in [2.24, 2.45) is 5.10 Å². The summed E-state index contributed by atoms with van der Waals surface area (Å²) in [6.07, 6.45) is 7.93. The lowest BCUT2D eigenvalue weighted by molar-refractivity contribution is 1.32. The Hall–Kier alpha value is -8.21. The van der Waals surface area contributed by atoms with Gasteiger partial charge in [-0.1, -0.05) is 170 Å². The van der Waals surface area contributed by atoms with Crippen LogP contribution in [0.25, 0.3) is 87.6 Å². The van der Waals surface area contributed by atoms with Crippen molar-refractivity contribution >= 4 is 71.3 Å². The average molecular weight is 779 g/mol. The van der Waals surface area contributed by atoms with Crippen molar-refractivity contribution in [3.8, 4) is 33.4 Å². The lowest BCUT2D eigenvalue weighted by Gasteiger charge is -2.24. The third kappa shape index (κ3) is 6.30. The monoisotopic (exact) mass is 778 g/mol. The van der Waals surface area contributed by atoms with E-state index < -0.39 is 0 Å². The van der Waals surface area contributed by atoms with Gasteiger partial charge >= 0.3 is 0 Å². The van der Waals surface area contributed by atoms with Crippen LogP contribution in [-0.4, -0.2) is 16.4 Å². The van der Waals surface area contributed by atoms with Gasteiger partial charge in [0, 0.05) is 18.0 Å². The van der Waals surface area contributed by atoms with E-state index in [-0.39, 0.29) is 0 Å². The van der Waals surface area contributed by atoms with Crippen LogP contribution in [0.1, 0.15) is 11.1 Å². The van der Waals surface area contributed by atoms with Crippen LogP contribution >= 0.6 is 0 Å². The van der Waals surface area contributed by atoms with Crippen LogP contribution in [0.3, 0.4) is 0 Å². The van der Waals surface area contributed by atoms with Gasteiger partial charge in [0.1, 0.15) is 5.71 Å². The highest BCUT2D eigenvalue weighted by atomic mass is 15.3. The number of nitrogens with zero attached hydrogens (tertiary/aromatic N) is 2. The van der Waals surface area contributed by atoms with E-state index >= 15 is 0 Å². The number of nitrogens with one attached hydrogen (secondary N) is 2. The zero-order valence-corrected chi connectivity index (χ0v) is 33.2. The summed E-state index contributed by atoms with van der Waals surface area (Å²) in [4.78, 5) is 4.18. The number of aromatic nitrogens is 1. The minimum Gasteiger partial charge on any atom is -0.298 e. The summed E-state index contributed by atoms with van der Waals surface area (Å²) < 4.78 is 0. The first-order valence-corrected chi connectivity index (χ1v) is 20.6. The van der Waals surface area contributed by atoms with Gasteiger partial charge in [0.25, 0.3) is 0 Å². The van der Waals surface area contributed by atoms with Gasteiger partial charge in [-0.3, -0.25) is 15.8 Å². The summed E-state index contributed by atoms with van der Waals surface area (Å²) in [5.74, 6) is 0. The van der Waals surface area contributed by atoms with Gasteiger partial charge in [0.05, 0.1) is 11.4 Å². The molecule has 0 saturated carbocycles. The summed E-state index contributed by atoms with van der Waals surface area (Å²) >= 11 is 0. The molecule has 9 aromatic carbocycles. The van der Waals surface area contributed by atoms with Crippen LogP contribution in [0.15, 0.2) is 224 Å². The number of hydrogen-bond acceptors (Lipinski definition) is 4. The Bertz CT molecular complexity index is 3310. The molecule has 0 fully saturated rings. The molecular weight excluding hydrogens is 741 g/mol. The fourth-order valence-electron chi connectivity index (χ4n) is 9.15. The molecule has 4 nitrogen and oxygen atoms in total. The van der Waals surface area contributed by atoms with E-state index in [2.05, 4.69) is 192 Å². The first-order valence-electron chi connectivity index (χ1n) is 20.6. The van der Waals surface area contributed by atoms with Gasteiger partial charge in [0.2, 0.25) is 0 Å². The third-order valence-electron chi connectivity index (χ3n) is 11.9. The van der Waals surface area contributed by atoms with Crippen molar-refractivity contribution in [2.45, 2.75) is 0 Å². The number of allylic oxidation sites excluding steroid dienone is 4. The van der Waals surface area contributed by atoms with Crippen molar-refractivity contribution in [1.82, 2.24) is 4.98 Å². The molecule has 1 aliphatic carbocycles. The van der Waals surface area contributed by atoms with Crippen molar-refractivity contribution in [3.63, 3.8) is 0 Å². The lowest BCUT2D eigenvalue weighted by Crippen LogP contribution is -2.19. The van der Waals surface area contributed by atoms with Crippen LogP contribution < -0.4 is 5.43 Å². The molecule has 11 rings (SSSR count). The maximum atomic E-state index is 10.1. The fraction of sp³-hybridized carbons (Fsp3) is 0. The largest absolute Gasteiger partial charge is 0.298 e. The van der Waals surface area contributed by atoms with Crippen LogP contribution in [0, 0.1) is 5.41 Å². The van der Waals surface area contributed by atoms with Gasteiger partial charge in [-0.25, -0.2) is 0 Å². The second-order valence-corrected chi connectivity index (χ2v) is 15.4. The summed E-state index contributed by atoms with van der Waals surface area (Å²) in [5, 5.41) is 24.2. The highest BCUT2D eigenvalue weighted by Gasteiger charge is 2.27. The van der Waals surface area contributed by atoms with Crippen LogP contribution in [0.2, 0.25) is 0 Å². The van der Waals surface area contributed by atoms with E-state index in [0.29, 0.717) is 11.4 Å². The molecule has 61 heavy (non-hydrogen) atoms. The van der Waals surface area contributed by atoms with Gasteiger partial charge in [-0.15, -0.1) is 0 Å². The van der Waals surface area contributed by atoms with E-state index in [1.54, 1.807) is 12.4 Å². The van der Waals surface area contributed by atoms with Crippen LogP contribution in [0.4, 0.5) is 5.69 Å². The lowest BCUT2D eigenvalue weighted by atomic mass is 9.79. The first kappa shape index (κ1) is 35.9. The van der Waals surface area contributed by atoms with E-state index in [1.165, 1.54) is 27.5 Å². The first-order chi connectivity index (χ1) is 30.2. The number of pyridine rings is 1. The maximum absolute atomic E-state index is 10.1. The Kier molecular flexibility index (Phi) is 8.94. The summed E-state index contributed by atoms with van der Waals surface area (Å²) in [7, 11) is 0. The molecule has 10 aromatic rings. The number of hydrazone groups is 1. The number of benzene rings is 9. The normalized spacial score (nSPS) is 13.5. The molecule has 4 heteroatoms. The summed E-state index contributed by atoms with van der Waals surface area (Å²) in [5.41, 5.74) is 15.9. The Morgan fingerprint density at radius 3 is 1.21 bits per heavy atom. The molecule has 1 heterocycles. The molecule has 2 N–H and O–H groups in total. The Balaban J connectivity index is 1.17. The Morgan fingerprint density at radius 1 is 0.361 bits per heavy atom. The highest BCUT2D eigenvalue weighted by molar-refractivity contribution is 6.63. The van der Waals surface area contributed by atoms with Crippen LogP contribution in [-0.2, 0) is 0 Å². The van der Waals surface area contributed by atoms with E-state index in [1.807, 2.05) is 24.3 Å². The zero-order valence-electron chi connectivity index (χ0n) is 33.2. The Labute approximate surface area is 354 Å². The molecule has 1 aliphatic rings. The average Bonchev–Trinajstić information content (AvgIpc) is 3.33. The molecule has 0 bridgehead atoms.